The van der Waals surface area contributed by atoms with Crippen molar-refractivity contribution in [2.45, 2.75) is 19.8 Å². The van der Waals surface area contributed by atoms with Crippen molar-refractivity contribution in [3.8, 4) is 11.3 Å². The SMILES string of the molecule is Cc1nc(-c2cccc(NC(=O)CCCNC(=O)c3ccc(Cl)cc3)c2)cs1. The summed E-state index contributed by atoms with van der Waals surface area (Å²) in [6.07, 6.45) is 0.872. The van der Waals surface area contributed by atoms with Gasteiger partial charge in [-0.15, -0.1) is 11.3 Å². The number of hydrogen-bond donors (Lipinski definition) is 2. The van der Waals surface area contributed by atoms with Crippen LogP contribution < -0.4 is 10.6 Å². The lowest BCUT2D eigenvalue weighted by Gasteiger charge is -2.08. The first-order valence-corrected chi connectivity index (χ1v) is 10.1. The molecule has 0 fully saturated rings. The summed E-state index contributed by atoms with van der Waals surface area (Å²) in [4.78, 5) is 28.6. The maximum atomic E-state index is 12.2. The van der Waals surface area contributed by atoms with E-state index in [-0.39, 0.29) is 11.8 Å². The van der Waals surface area contributed by atoms with Crippen molar-refractivity contribution in [3.63, 3.8) is 0 Å². The molecule has 0 saturated heterocycles. The number of rotatable bonds is 7. The third-order valence-electron chi connectivity index (χ3n) is 4.03. The van der Waals surface area contributed by atoms with Crippen molar-refractivity contribution in [1.29, 1.82) is 0 Å². The Bertz CT molecular complexity index is 970. The van der Waals surface area contributed by atoms with Gasteiger partial charge in [0.05, 0.1) is 10.7 Å². The van der Waals surface area contributed by atoms with Crippen LogP contribution in [0, 0.1) is 6.92 Å². The van der Waals surface area contributed by atoms with E-state index in [9.17, 15) is 9.59 Å². The number of aromatic nitrogens is 1. The van der Waals surface area contributed by atoms with Gasteiger partial charge in [0.25, 0.3) is 5.91 Å². The third kappa shape index (κ3) is 5.65. The van der Waals surface area contributed by atoms with Crippen LogP contribution in [0.15, 0.2) is 53.9 Å². The molecule has 0 aliphatic heterocycles. The van der Waals surface area contributed by atoms with E-state index < -0.39 is 0 Å². The molecule has 2 amide bonds. The van der Waals surface area contributed by atoms with Crippen molar-refractivity contribution in [1.82, 2.24) is 10.3 Å². The summed E-state index contributed by atoms with van der Waals surface area (Å²) >= 11 is 7.41. The molecule has 0 unspecified atom stereocenters. The monoisotopic (exact) mass is 413 g/mol. The van der Waals surface area contributed by atoms with E-state index in [4.69, 9.17) is 11.6 Å². The number of benzene rings is 2. The lowest BCUT2D eigenvalue weighted by atomic mass is 10.1. The smallest absolute Gasteiger partial charge is 0.251 e. The van der Waals surface area contributed by atoms with Crippen molar-refractivity contribution in [2.24, 2.45) is 0 Å². The van der Waals surface area contributed by atoms with Crippen molar-refractivity contribution < 1.29 is 9.59 Å². The van der Waals surface area contributed by atoms with Crippen LogP contribution in [-0.4, -0.2) is 23.3 Å². The zero-order valence-electron chi connectivity index (χ0n) is 15.4. The van der Waals surface area contributed by atoms with Crippen LogP contribution in [0.1, 0.15) is 28.2 Å². The standard InChI is InChI=1S/C21H20ClN3O2S/c1-14-24-19(13-28-14)16-4-2-5-18(12-16)25-20(26)6-3-11-23-21(27)15-7-9-17(22)10-8-15/h2,4-5,7-10,12-13H,3,6,11H2,1H3,(H,23,27)(H,25,26). The molecule has 28 heavy (non-hydrogen) atoms. The predicted molar refractivity (Wildman–Crippen MR) is 114 cm³/mol. The Balaban J connectivity index is 1.44. The number of nitrogens with one attached hydrogen (secondary N) is 2. The maximum absolute atomic E-state index is 12.2. The van der Waals surface area contributed by atoms with Crippen LogP contribution in [-0.2, 0) is 4.79 Å². The van der Waals surface area contributed by atoms with Gasteiger partial charge in [0, 0.05) is 40.2 Å². The average molecular weight is 414 g/mol. The summed E-state index contributed by atoms with van der Waals surface area (Å²) < 4.78 is 0. The number of anilines is 1. The molecule has 0 atom stereocenters. The highest BCUT2D eigenvalue weighted by Gasteiger charge is 2.08. The van der Waals surface area contributed by atoms with Gasteiger partial charge in [-0.25, -0.2) is 4.98 Å². The molecule has 144 valence electrons. The highest BCUT2D eigenvalue weighted by atomic mass is 35.5. The number of nitrogens with zero attached hydrogens (tertiary/aromatic N) is 1. The first-order valence-electron chi connectivity index (χ1n) is 8.87. The Hall–Kier alpha value is -2.70. The normalized spacial score (nSPS) is 10.5. The second-order valence-electron chi connectivity index (χ2n) is 6.25. The molecule has 1 heterocycles. The quantitative estimate of drug-likeness (QED) is 0.540. The van der Waals surface area contributed by atoms with Gasteiger partial charge in [-0.2, -0.15) is 0 Å². The highest BCUT2D eigenvalue weighted by molar-refractivity contribution is 7.09. The number of amides is 2. The Labute approximate surface area is 172 Å². The Kier molecular flexibility index (Phi) is 6.79. The number of hydrogen-bond acceptors (Lipinski definition) is 4. The predicted octanol–water partition coefficient (Wildman–Crippen LogP) is 4.92. The number of carbonyl (C=O) groups is 2. The van der Waals surface area contributed by atoms with Gasteiger partial charge in [-0.1, -0.05) is 23.7 Å². The van der Waals surface area contributed by atoms with Crippen LogP contribution in [0.3, 0.4) is 0 Å². The molecule has 5 nitrogen and oxygen atoms in total. The van der Waals surface area contributed by atoms with Gasteiger partial charge in [-0.3, -0.25) is 9.59 Å². The van der Waals surface area contributed by atoms with Gasteiger partial charge >= 0.3 is 0 Å². The summed E-state index contributed by atoms with van der Waals surface area (Å²) in [5.74, 6) is -0.268. The molecule has 0 aliphatic rings. The molecule has 0 bridgehead atoms. The first-order chi connectivity index (χ1) is 13.5. The zero-order chi connectivity index (χ0) is 19.9. The van der Waals surface area contributed by atoms with E-state index in [1.165, 1.54) is 0 Å². The van der Waals surface area contributed by atoms with Crippen LogP contribution >= 0.6 is 22.9 Å². The Morgan fingerprint density at radius 2 is 1.93 bits per heavy atom. The van der Waals surface area contributed by atoms with Gasteiger partial charge in [0.2, 0.25) is 5.91 Å². The number of thiazole rings is 1. The molecule has 0 spiro atoms. The summed E-state index contributed by atoms with van der Waals surface area (Å²) in [5.41, 5.74) is 3.15. The Morgan fingerprint density at radius 1 is 1.14 bits per heavy atom. The summed E-state index contributed by atoms with van der Waals surface area (Å²) in [5, 5.41) is 9.29. The number of halogens is 1. The molecule has 3 rings (SSSR count). The summed E-state index contributed by atoms with van der Waals surface area (Å²) in [6.45, 7) is 2.39. The second kappa shape index (κ2) is 9.48. The molecule has 0 radical (unpaired) electrons. The molecule has 1 aromatic heterocycles. The minimum atomic E-state index is -0.177. The lowest BCUT2D eigenvalue weighted by molar-refractivity contribution is -0.116. The van der Waals surface area contributed by atoms with E-state index in [0.29, 0.717) is 30.0 Å². The van der Waals surface area contributed by atoms with Gasteiger partial charge in [0.15, 0.2) is 0 Å². The van der Waals surface area contributed by atoms with Crippen LogP contribution in [0.25, 0.3) is 11.3 Å². The first kappa shape index (κ1) is 20.0. The van der Waals surface area contributed by atoms with Gasteiger partial charge in [0.1, 0.15) is 0 Å². The second-order valence-corrected chi connectivity index (χ2v) is 7.75. The van der Waals surface area contributed by atoms with Crippen LogP contribution in [0.5, 0.6) is 0 Å². The van der Waals surface area contributed by atoms with E-state index in [1.54, 1.807) is 35.6 Å². The Morgan fingerprint density at radius 3 is 2.64 bits per heavy atom. The van der Waals surface area contributed by atoms with Crippen molar-refractivity contribution >= 4 is 40.4 Å². The molecule has 2 N–H and O–H groups in total. The van der Waals surface area contributed by atoms with E-state index in [1.807, 2.05) is 36.6 Å². The minimum Gasteiger partial charge on any atom is -0.352 e. The lowest BCUT2D eigenvalue weighted by Crippen LogP contribution is -2.25. The van der Waals surface area contributed by atoms with Gasteiger partial charge < -0.3 is 10.6 Å². The maximum Gasteiger partial charge on any atom is 0.251 e. The van der Waals surface area contributed by atoms with Crippen molar-refractivity contribution in [2.75, 3.05) is 11.9 Å². The molecule has 3 aromatic rings. The van der Waals surface area contributed by atoms with Gasteiger partial charge in [-0.05, 0) is 49.7 Å². The highest BCUT2D eigenvalue weighted by Crippen LogP contribution is 2.24. The average Bonchev–Trinajstić information content (AvgIpc) is 3.12. The van der Waals surface area contributed by atoms with Crippen LogP contribution in [0.2, 0.25) is 5.02 Å². The zero-order valence-corrected chi connectivity index (χ0v) is 16.9. The molecule has 0 saturated carbocycles. The molecular weight excluding hydrogens is 394 g/mol. The number of carbonyl (C=O) groups excluding carboxylic acids is 2. The third-order valence-corrected chi connectivity index (χ3v) is 5.06. The molecule has 7 heteroatoms. The largest absolute Gasteiger partial charge is 0.352 e. The molecular formula is C21H20ClN3O2S. The molecule has 2 aromatic carbocycles. The summed E-state index contributed by atoms with van der Waals surface area (Å²) in [7, 11) is 0. The fourth-order valence-corrected chi connectivity index (χ4v) is 3.38. The van der Waals surface area contributed by atoms with Crippen LogP contribution in [0.4, 0.5) is 5.69 Å². The van der Waals surface area contributed by atoms with E-state index in [0.717, 1.165) is 22.0 Å². The van der Waals surface area contributed by atoms with E-state index >= 15 is 0 Å². The topological polar surface area (TPSA) is 71.1 Å². The van der Waals surface area contributed by atoms with E-state index in [2.05, 4.69) is 15.6 Å². The number of aryl methyl sites for hydroxylation is 1. The van der Waals surface area contributed by atoms with Crippen molar-refractivity contribution in [3.05, 3.63) is 69.5 Å². The fraction of sp³-hybridized carbons (Fsp3) is 0.190. The molecule has 0 aliphatic carbocycles. The fourth-order valence-electron chi connectivity index (χ4n) is 2.63. The minimum absolute atomic E-state index is 0.0904. The summed E-state index contributed by atoms with van der Waals surface area (Å²) in [6, 6.07) is 14.3.